The molecule has 0 atom stereocenters. The lowest BCUT2D eigenvalue weighted by molar-refractivity contribution is 0.465. The fourth-order valence-corrected chi connectivity index (χ4v) is 14.0. The van der Waals surface area contributed by atoms with Crippen LogP contribution in [0.15, 0.2) is 146 Å². The number of hydrogen-bond acceptors (Lipinski definition) is 2. The molecular weight excluding hydrogens is 946 g/mol. The number of hydrogen-bond donors (Lipinski definition) is 0. The lowest BCUT2D eigenvalue weighted by Crippen LogP contribution is -2.62. The number of ether oxygens (including phenoxy) is 2. The van der Waals surface area contributed by atoms with Crippen LogP contribution >= 0.6 is 0 Å². The maximum absolute atomic E-state index is 7.52. The Balaban J connectivity index is 1.06. The van der Waals surface area contributed by atoms with E-state index in [1.807, 2.05) is 0 Å². The van der Waals surface area contributed by atoms with Gasteiger partial charge in [0.2, 0.25) is 0 Å². The van der Waals surface area contributed by atoms with Crippen LogP contribution in [0.1, 0.15) is 116 Å². The Morgan fingerprint density at radius 2 is 0.731 bits per heavy atom. The molecule has 0 bridgehead atoms. The van der Waals surface area contributed by atoms with Crippen molar-refractivity contribution in [1.29, 1.82) is 0 Å². The standard InChI is InChI=1S/C72H66B2N2O2/c1-39-19-15-17-21-47(39)41-27-59-65-63(29-41)77-61-38-62-54(37-53(61)73(65)55-35-45(71(9,10)11)33-51-49-31-43(69(3,4)5)23-25-57(49)75(59)67(51)55)74-56-36-46(72(12,13)14)34-52-50-32-44(70(6,7)8)24-26-58(50)76(68(52)56)60-28-42(30-64(78-62)66(60)74)48-22-18-16-20-40(48)2/h15-38H,1-14H3. The van der Waals surface area contributed by atoms with Crippen LogP contribution in [0.3, 0.4) is 0 Å². The van der Waals surface area contributed by atoms with Gasteiger partial charge in [-0.05, 0) is 185 Å². The average Bonchev–Trinajstić information content (AvgIpc) is 3.72. The summed E-state index contributed by atoms with van der Waals surface area (Å²) >= 11 is 0. The van der Waals surface area contributed by atoms with Crippen molar-refractivity contribution >= 4 is 89.8 Å². The molecule has 6 heteroatoms. The third kappa shape index (κ3) is 6.61. The first kappa shape index (κ1) is 47.5. The number of rotatable bonds is 2. The molecule has 0 unspecified atom stereocenters. The highest BCUT2D eigenvalue weighted by atomic mass is 16.5. The van der Waals surface area contributed by atoms with E-state index in [0.717, 1.165) is 34.1 Å². The van der Waals surface area contributed by atoms with Crippen molar-refractivity contribution in [2.75, 3.05) is 0 Å². The molecule has 78 heavy (non-hydrogen) atoms. The SMILES string of the molecule is Cc1ccccc1-c1cc2c3c(c1)-n1c4ccc(C(C)(C)C)cc4c4cc(C(C)(C)C)cc(c41)B3c1cc3c(cc1O2)Oc1cc(-c2ccccc2C)cc2c1B3c1cc(C(C)(C)C)cc3c4cc(C(C)(C)C)ccc4n-2c13. The molecule has 0 fully saturated rings. The number of aromatic nitrogens is 2. The molecular formula is C72H66B2N2O2. The van der Waals surface area contributed by atoms with Crippen molar-refractivity contribution in [3.8, 4) is 56.6 Å². The van der Waals surface area contributed by atoms with Gasteiger partial charge in [-0.3, -0.25) is 0 Å². The highest BCUT2D eigenvalue weighted by Crippen LogP contribution is 2.46. The van der Waals surface area contributed by atoms with E-state index in [4.69, 9.17) is 9.47 Å². The number of benzene rings is 9. The maximum atomic E-state index is 7.52. The minimum atomic E-state index is -0.116. The first-order chi connectivity index (χ1) is 37.0. The molecule has 11 aromatic rings. The van der Waals surface area contributed by atoms with Crippen molar-refractivity contribution in [2.45, 2.75) is 119 Å². The summed E-state index contributed by atoms with van der Waals surface area (Å²) in [6.45, 7) is 32.3. The van der Waals surface area contributed by atoms with Crippen LogP contribution in [-0.4, -0.2) is 22.6 Å². The monoisotopic (exact) mass is 1010 g/mol. The zero-order chi connectivity index (χ0) is 54.0. The molecule has 0 aliphatic carbocycles. The van der Waals surface area contributed by atoms with E-state index in [0.29, 0.717) is 0 Å². The lowest BCUT2D eigenvalue weighted by Gasteiger charge is -2.38. The first-order valence-electron chi connectivity index (χ1n) is 28.3. The molecule has 2 aromatic heterocycles. The molecule has 0 saturated heterocycles. The van der Waals surface area contributed by atoms with E-state index < -0.39 is 0 Å². The molecule has 0 spiro atoms. The van der Waals surface area contributed by atoms with Crippen LogP contribution in [0, 0.1) is 13.8 Å². The van der Waals surface area contributed by atoms with Gasteiger partial charge in [0.05, 0.1) is 11.0 Å². The van der Waals surface area contributed by atoms with Gasteiger partial charge in [-0.1, -0.05) is 162 Å². The predicted octanol–water partition coefficient (Wildman–Crippen LogP) is 14.9. The molecule has 6 heterocycles. The quantitative estimate of drug-likeness (QED) is 0.161. The van der Waals surface area contributed by atoms with E-state index >= 15 is 0 Å². The van der Waals surface area contributed by atoms with Gasteiger partial charge in [0, 0.05) is 50.0 Å². The molecule has 4 aliphatic rings. The summed E-state index contributed by atoms with van der Waals surface area (Å²) < 4.78 is 20.2. The van der Waals surface area contributed by atoms with Crippen LogP contribution in [0.4, 0.5) is 0 Å². The van der Waals surface area contributed by atoms with E-state index in [9.17, 15) is 0 Å². The molecule has 0 amide bonds. The first-order valence-corrected chi connectivity index (χ1v) is 28.3. The van der Waals surface area contributed by atoms with Gasteiger partial charge in [-0.15, -0.1) is 0 Å². The largest absolute Gasteiger partial charge is 0.458 e. The van der Waals surface area contributed by atoms with Crippen LogP contribution in [0.25, 0.3) is 77.2 Å². The van der Waals surface area contributed by atoms with Crippen LogP contribution in [0.5, 0.6) is 23.0 Å². The van der Waals surface area contributed by atoms with Crippen molar-refractivity contribution in [1.82, 2.24) is 9.13 Å². The van der Waals surface area contributed by atoms with Crippen LogP contribution in [0.2, 0.25) is 0 Å². The summed E-state index contributed by atoms with van der Waals surface area (Å²) in [7, 11) is 0. The van der Waals surface area contributed by atoms with Gasteiger partial charge in [0.25, 0.3) is 13.4 Å². The summed E-state index contributed by atoms with van der Waals surface area (Å²) in [6.07, 6.45) is 0. The third-order valence-corrected chi connectivity index (χ3v) is 18.3. The van der Waals surface area contributed by atoms with Crippen molar-refractivity contribution in [2.24, 2.45) is 0 Å². The highest BCUT2D eigenvalue weighted by molar-refractivity contribution is 7.02. The van der Waals surface area contributed by atoms with Gasteiger partial charge in [0.15, 0.2) is 0 Å². The van der Waals surface area contributed by atoms with Crippen LogP contribution in [-0.2, 0) is 21.7 Å². The number of nitrogens with zero attached hydrogens (tertiary/aromatic N) is 2. The van der Waals surface area contributed by atoms with E-state index in [2.05, 4.69) is 252 Å². The van der Waals surface area contributed by atoms with E-state index in [1.54, 1.807) is 0 Å². The second kappa shape index (κ2) is 15.5. The van der Waals surface area contributed by atoms with Gasteiger partial charge < -0.3 is 18.6 Å². The van der Waals surface area contributed by atoms with E-state index in [-0.39, 0.29) is 35.1 Å². The molecule has 15 rings (SSSR count). The van der Waals surface area contributed by atoms with Crippen LogP contribution < -0.4 is 42.3 Å². The molecule has 0 saturated carbocycles. The normalized spacial score (nSPS) is 14.2. The Morgan fingerprint density at radius 1 is 0.346 bits per heavy atom. The lowest BCUT2D eigenvalue weighted by atomic mass is 9.31. The zero-order valence-electron chi connectivity index (χ0n) is 47.7. The Kier molecular flexibility index (Phi) is 9.46. The maximum Gasteiger partial charge on any atom is 0.256 e. The summed E-state index contributed by atoms with van der Waals surface area (Å²) in [4.78, 5) is 0. The smallest absolute Gasteiger partial charge is 0.256 e. The van der Waals surface area contributed by atoms with Gasteiger partial charge in [-0.2, -0.15) is 0 Å². The fraction of sp³-hybridized carbons (Fsp3) is 0.250. The second-order valence-corrected chi connectivity index (χ2v) is 27.5. The molecule has 0 N–H and O–H groups in total. The number of aryl methyl sites for hydroxylation is 2. The summed E-state index contributed by atoms with van der Waals surface area (Å²) in [5.74, 6) is 3.49. The Labute approximate surface area is 460 Å². The fourth-order valence-electron chi connectivity index (χ4n) is 14.0. The summed E-state index contributed by atoms with van der Waals surface area (Å²) in [5, 5.41) is 5.20. The predicted molar refractivity (Wildman–Crippen MR) is 333 cm³/mol. The van der Waals surface area contributed by atoms with Crippen molar-refractivity contribution in [3.05, 3.63) is 179 Å². The average molecular weight is 1010 g/mol. The Bertz CT molecular complexity index is 4230. The Morgan fingerprint density at radius 3 is 1.12 bits per heavy atom. The van der Waals surface area contributed by atoms with Crippen molar-refractivity contribution < 1.29 is 9.47 Å². The second-order valence-electron chi connectivity index (χ2n) is 27.5. The highest BCUT2D eigenvalue weighted by Gasteiger charge is 2.47. The van der Waals surface area contributed by atoms with Crippen molar-refractivity contribution in [3.63, 3.8) is 0 Å². The molecule has 9 aromatic carbocycles. The van der Waals surface area contributed by atoms with Gasteiger partial charge >= 0.3 is 0 Å². The molecule has 4 aliphatic heterocycles. The van der Waals surface area contributed by atoms with E-state index in [1.165, 1.54) is 132 Å². The minimum Gasteiger partial charge on any atom is -0.458 e. The minimum absolute atomic E-state index is 0.0168. The molecule has 382 valence electrons. The van der Waals surface area contributed by atoms with Gasteiger partial charge in [0.1, 0.15) is 23.0 Å². The van der Waals surface area contributed by atoms with Gasteiger partial charge in [-0.25, -0.2) is 0 Å². The topological polar surface area (TPSA) is 28.3 Å². The molecule has 4 nitrogen and oxygen atoms in total. The Hall–Kier alpha value is -7.69. The number of fused-ring (bicyclic) bond motifs is 14. The summed E-state index contributed by atoms with van der Waals surface area (Å²) in [6, 6.07) is 56.4. The molecule has 0 radical (unpaired) electrons. The summed E-state index contributed by atoms with van der Waals surface area (Å²) in [5.41, 5.74) is 27.1. The zero-order valence-corrected chi connectivity index (χ0v) is 47.7. The third-order valence-electron chi connectivity index (χ3n) is 18.3.